The molecule has 1 fully saturated rings. The Labute approximate surface area is 129 Å². The van der Waals surface area contributed by atoms with Crippen LogP contribution in [0.2, 0.25) is 0 Å². The van der Waals surface area contributed by atoms with Crippen molar-refractivity contribution in [3.05, 3.63) is 71.3 Å². The normalized spacial score (nSPS) is 15.0. The molecule has 0 saturated heterocycles. The van der Waals surface area contributed by atoms with Crippen LogP contribution in [0.4, 0.5) is 0 Å². The van der Waals surface area contributed by atoms with Crippen molar-refractivity contribution in [1.29, 1.82) is 0 Å². The number of benzene rings is 2. The second-order valence-electron chi connectivity index (χ2n) is 5.73. The van der Waals surface area contributed by atoms with Crippen LogP contribution in [-0.2, 0) is 10.2 Å². The van der Waals surface area contributed by atoms with E-state index in [1.807, 2.05) is 37.3 Å². The summed E-state index contributed by atoms with van der Waals surface area (Å²) >= 11 is 0. The van der Waals surface area contributed by atoms with Crippen molar-refractivity contribution >= 4 is 11.8 Å². The second kappa shape index (κ2) is 5.64. The molecule has 2 aromatic carbocycles. The highest BCUT2D eigenvalue weighted by atomic mass is 16.2. The van der Waals surface area contributed by atoms with E-state index >= 15 is 0 Å². The molecule has 0 radical (unpaired) electrons. The first-order valence-corrected chi connectivity index (χ1v) is 7.35. The summed E-state index contributed by atoms with van der Waals surface area (Å²) in [7, 11) is 0. The minimum Gasteiger partial charge on any atom is -0.272 e. The van der Waals surface area contributed by atoms with Crippen molar-refractivity contribution in [2.24, 2.45) is 0 Å². The first kappa shape index (κ1) is 14.3. The molecule has 0 spiro atoms. The lowest BCUT2D eigenvalue weighted by Crippen LogP contribution is -2.46. The summed E-state index contributed by atoms with van der Waals surface area (Å²) in [5, 5.41) is 0. The van der Waals surface area contributed by atoms with Gasteiger partial charge >= 0.3 is 0 Å². The largest absolute Gasteiger partial charge is 0.272 e. The van der Waals surface area contributed by atoms with Gasteiger partial charge in [0.2, 0.25) is 5.91 Å². The van der Waals surface area contributed by atoms with Crippen LogP contribution < -0.4 is 10.9 Å². The summed E-state index contributed by atoms with van der Waals surface area (Å²) in [5.74, 6) is -0.462. The van der Waals surface area contributed by atoms with Crippen molar-refractivity contribution in [2.75, 3.05) is 0 Å². The monoisotopic (exact) mass is 294 g/mol. The number of hydrogen-bond acceptors (Lipinski definition) is 2. The average molecular weight is 294 g/mol. The fourth-order valence-corrected chi connectivity index (χ4v) is 2.61. The number of aryl methyl sites for hydroxylation is 1. The van der Waals surface area contributed by atoms with E-state index in [0.29, 0.717) is 5.56 Å². The molecule has 112 valence electrons. The smallest absolute Gasteiger partial charge is 0.269 e. The van der Waals surface area contributed by atoms with Crippen LogP contribution in [0.5, 0.6) is 0 Å². The fraction of sp³-hybridized carbons (Fsp3) is 0.222. The number of carbonyl (C=O) groups is 2. The molecule has 1 saturated carbocycles. The Morgan fingerprint density at radius 1 is 0.955 bits per heavy atom. The Morgan fingerprint density at radius 2 is 1.68 bits per heavy atom. The lowest BCUT2D eigenvalue weighted by Gasteiger charge is -2.16. The molecule has 4 nitrogen and oxygen atoms in total. The zero-order valence-electron chi connectivity index (χ0n) is 12.4. The molecule has 0 unspecified atom stereocenters. The van der Waals surface area contributed by atoms with Gasteiger partial charge in [0, 0.05) is 5.56 Å². The van der Waals surface area contributed by atoms with Gasteiger partial charge in [-0.05, 0) is 37.5 Å². The number of carbonyl (C=O) groups excluding carboxylic acids is 2. The molecule has 4 heteroatoms. The van der Waals surface area contributed by atoms with Crippen LogP contribution in [0.1, 0.15) is 34.3 Å². The van der Waals surface area contributed by atoms with Gasteiger partial charge in [-0.15, -0.1) is 0 Å². The maximum Gasteiger partial charge on any atom is 0.269 e. The molecule has 1 aliphatic carbocycles. The van der Waals surface area contributed by atoms with E-state index in [1.165, 1.54) is 0 Å². The zero-order valence-corrected chi connectivity index (χ0v) is 12.4. The minimum absolute atomic E-state index is 0.151. The molecule has 0 aliphatic heterocycles. The zero-order chi connectivity index (χ0) is 15.6. The second-order valence-corrected chi connectivity index (χ2v) is 5.73. The van der Waals surface area contributed by atoms with Gasteiger partial charge in [0.05, 0.1) is 5.41 Å². The maximum absolute atomic E-state index is 12.4. The highest BCUT2D eigenvalue weighted by molar-refractivity contribution is 5.97. The standard InChI is InChI=1S/C18H18N2O2/c1-13-6-5-9-15(12-13)18(10-11-18)17(22)20-19-16(21)14-7-3-2-4-8-14/h2-9,12H,10-11H2,1H3,(H,19,21)(H,20,22). The third kappa shape index (κ3) is 2.72. The number of rotatable bonds is 3. The summed E-state index contributed by atoms with van der Waals surface area (Å²) in [4.78, 5) is 24.4. The van der Waals surface area contributed by atoms with E-state index in [4.69, 9.17) is 0 Å². The Balaban J connectivity index is 1.66. The highest BCUT2D eigenvalue weighted by Crippen LogP contribution is 2.48. The minimum atomic E-state index is -0.490. The molecule has 2 N–H and O–H groups in total. The van der Waals surface area contributed by atoms with Gasteiger partial charge in [-0.3, -0.25) is 20.4 Å². The first-order valence-electron chi connectivity index (χ1n) is 7.35. The Bertz CT molecular complexity index is 706. The van der Waals surface area contributed by atoms with Gasteiger partial charge in [-0.2, -0.15) is 0 Å². The number of nitrogens with one attached hydrogen (secondary N) is 2. The highest BCUT2D eigenvalue weighted by Gasteiger charge is 2.51. The lowest BCUT2D eigenvalue weighted by atomic mass is 9.94. The summed E-state index contributed by atoms with van der Waals surface area (Å²) in [5.41, 5.74) is 7.22. The van der Waals surface area contributed by atoms with Crippen LogP contribution in [-0.4, -0.2) is 11.8 Å². The number of hydrazine groups is 1. The molecule has 2 aromatic rings. The molecule has 0 atom stereocenters. The molecular formula is C18H18N2O2. The van der Waals surface area contributed by atoms with E-state index in [1.54, 1.807) is 24.3 Å². The van der Waals surface area contributed by atoms with Gasteiger partial charge in [-0.25, -0.2) is 0 Å². The number of hydrogen-bond donors (Lipinski definition) is 2. The number of amides is 2. The molecule has 1 aliphatic rings. The van der Waals surface area contributed by atoms with E-state index < -0.39 is 5.41 Å². The van der Waals surface area contributed by atoms with Crippen molar-refractivity contribution in [2.45, 2.75) is 25.2 Å². The third-order valence-corrected chi connectivity index (χ3v) is 4.08. The SMILES string of the molecule is Cc1cccc(C2(C(=O)NNC(=O)c3ccccc3)CC2)c1. The predicted molar refractivity (Wildman–Crippen MR) is 84.1 cm³/mol. The van der Waals surface area contributed by atoms with E-state index in [2.05, 4.69) is 10.9 Å². The van der Waals surface area contributed by atoms with Crippen LogP contribution in [0.3, 0.4) is 0 Å². The summed E-state index contributed by atoms with van der Waals surface area (Å²) in [6.45, 7) is 2.01. The molecule has 2 amide bonds. The molecular weight excluding hydrogens is 276 g/mol. The predicted octanol–water partition coefficient (Wildman–Crippen LogP) is 2.49. The van der Waals surface area contributed by atoms with E-state index in [0.717, 1.165) is 24.0 Å². The topological polar surface area (TPSA) is 58.2 Å². The molecule has 0 aromatic heterocycles. The Hall–Kier alpha value is -2.62. The Kier molecular flexibility index (Phi) is 3.67. The average Bonchev–Trinajstić information content (AvgIpc) is 3.35. The molecule has 0 heterocycles. The van der Waals surface area contributed by atoms with Crippen LogP contribution >= 0.6 is 0 Å². The van der Waals surface area contributed by atoms with Crippen molar-refractivity contribution in [1.82, 2.24) is 10.9 Å². The quantitative estimate of drug-likeness (QED) is 0.854. The van der Waals surface area contributed by atoms with Gasteiger partial charge < -0.3 is 0 Å². The van der Waals surface area contributed by atoms with Crippen LogP contribution in [0, 0.1) is 6.92 Å². The van der Waals surface area contributed by atoms with Gasteiger partial charge in [-0.1, -0.05) is 48.0 Å². The van der Waals surface area contributed by atoms with Gasteiger partial charge in [0.1, 0.15) is 0 Å². The van der Waals surface area contributed by atoms with Crippen molar-refractivity contribution in [3.8, 4) is 0 Å². The molecule has 22 heavy (non-hydrogen) atoms. The molecule has 3 rings (SSSR count). The van der Waals surface area contributed by atoms with Gasteiger partial charge in [0.25, 0.3) is 5.91 Å². The third-order valence-electron chi connectivity index (χ3n) is 4.08. The van der Waals surface area contributed by atoms with E-state index in [9.17, 15) is 9.59 Å². The summed E-state index contributed by atoms with van der Waals surface area (Å²) in [6.07, 6.45) is 1.62. The fourth-order valence-electron chi connectivity index (χ4n) is 2.61. The maximum atomic E-state index is 12.4. The van der Waals surface area contributed by atoms with Crippen LogP contribution in [0.15, 0.2) is 54.6 Å². The van der Waals surface area contributed by atoms with Crippen molar-refractivity contribution in [3.63, 3.8) is 0 Å². The molecule has 0 bridgehead atoms. The van der Waals surface area contributed by atoms with Crippen molar-refractivity contribution < 1.29 is 9.59 Å². The summed E-state index contributed by atoms with van der Waals surface area (Å²) < 4.78 is 0. The lowest BCUT2D eigenvalue weighted by molar-refractivity contribution is -0.124. The first-order chi connectivity index (χ1) is 10.6. The summed E-state index contributed by atoms with van der Waals surface area (Å²) in [6, 6.07) is 16.8. The van der Waals surface area contributed by atoms with Crippen LogP contribution in [0.25, 0.3) is 0 Å². The van der Waals surface area contributed by atoms with E-state index in [-0.39, 0.29) is 11.8 Å². The van der Waals surface area contributed by atoms with Gasteiger partial charge in [0.15, 0.2) is 0 Å². The Morgan fingerprint density at radius 3 is 2.32 bits per heavy atom.